The molecule has 1 saturated heterocycles. The van der Waals surface area contributed by atoms with Gasteiger partial charge in [-0.2, -0.15) is 0 Å². The third-order valence-corrected chi connectivity index (χ3v) is 10.9. The summed E-state index contributed by atoms with van der Waals surface area (Å²) in [7, 11) is 0. The van der Waals surface area contributed by atoms with Crippen LogP contribution in [-0.2, 0) is 46.4 Å². The van der Waals surface area contributed by atoms with E-state index in [0.717, 1.165) is 6.42 Å². The molecule has 1 aliphatic heterocycles. The van der Waals surface area contributed by atoms with Crippen molar-refractivity contribution in [3.8, 4) is 5.75 Å². The largest absolute Gasteiger partial charge is 0.508 e. The lowest BCUT2D eigenvalue weighted by Crippen LogP contribution is -2.60. The van der Waals surface area contributed by atoms with E-state index in [4.69, 9.17) is 0 Å². The van der Waals surface area contributed by atoms with Gasteiger partial charge in [-0.05, 0) is 92.0 Å². The van der Waals surface area contributed by atoms with Crippen LogP contribution in [0, 0.1) is 33.8 Å². The normalized spacial score (nSPS) is 16.4. The van der Waals surface area contributed by atoms with E-state index in [1.54, 1.807) is 26.0 Å². The third kappa shape index (κ3) is 18.4. The van der Waals surface area contributed by atoms with Crippen molar-refractivity contribution in [3.63, 3.8) is 0 Å². The predicted molar refractivity (Wildman–Crippen MR) is 247 cm³/mol. The number of nitrogens with zero attached hydrogens (tertiary/aromatic N) is 1. The molecule has 0 radical (unpaired) electrons. The number of aromatic hydroxyl groups is 1. The summed E-state index contributed by atoms with van der Waals surface area (Å²) in [4.78, 5) is 107. The number of hydrogen-bond donors (Lipinski definition) is 9. The zero-order valence-corrected chi connectivity index (χ0v) is 39.3. The number of nitro benzene ring substituents is 1. The molecule has 66 heavy (non-hydrogen) atoms. The number of rotatable bonds is 26. The summed E-state index contributed by atoms with van der Waals surface area (Å²) in [6, 6.07) is 3.37. The fourth-order valence-corrected chi connectivity index (χ4v) is 7.62. The van der Waals surface area contributed by atoms with Gasteiger partial charge in [-0.3, -0.25) is 38.9 Å². The van der Waals surface area contributed by atoms with Crippen molar-refractivity contribution >= 4 is 47.1 Å². The van der Waals surface area contributed by atoms with Gasteiger partial charge < -0.3 is 47.4 Å². The van der Waals surface area contributed by atoms with E-state index < -0.39 is 82.7 Å². The Morgan fingerprint density at radius 1 is 0.576 bits per heavy atom. The quantitative estimate of drug-likeness (QED) is 0.0487. The smallest absolute Gasteiger partial charge is 0.326 e. The predicted octanol–water partition coefficient (Wildman–Crippen LogP) is 3.02. The van der Waals surface area contributed by atoms with E-state index in [1.807, 2.05) is 41.5 Å². The van der Waals surface area contributed by atoms with Gasteiger partial charge >= 0.3 is 5.97 Å². The van der Waals surface area contributed by atoms with Crippen LogP contribution in [0.15, 0.2) is 48.5 Å². The molecule has 0 bridgehead atoms. The number of amides is 6. The molecule has 0 unspecified atom stereocenters. The zero-order chi connectivity index (χ0) is 49.2. The van der Waals surface area contributed by atoms with Crippen molar-refractivity contribution in [2.24, 2.45) is 23.7 Å². The van der Waals surface area contributed by atoms with Gasteiger partial charge in [0.1, 0.15) is 42.0 Å². The molecular weight excluding hydrogens is 853 g/mol. The molecule has 1 heterocycles. The summed E-state index contributed by atoms with van der Waals surface area (Å²) in [6.45, 7) is 15.4. The van der Waals surface area contributed by atoms with Crippen LogP contribution >= 0.6 is 0 Å². The lowest BCUT2D eigenvalue weighted by Gasteiger charge is -2.29. The Labute approximate surface area is 386 Å². The first-order valence-electron chi connectivity index (χ1n) is 22.8. The van der Waals surface area contributed by atoms with E-state index in [1.165, 1.54) is 36.4 Å². The molecular formula is C47H70N8O11. The number of phenolic OH excluding ortho intramolecular Hbond substituents is 1. The number of phenols is 1. The Morgan fingerprint density at radius 3 is 1.29 bits per heavy atom. The Balaban J connectivity index is 2.00. The highest BCUT2D eigenvalue weighted by Gasteiger charge is 2.35. The SMILES string of the molecule is CC(C)C[C@H](NC(=O)[C@H](CC(C)C)NC(=O)[C@H](Cc1ccc([N+](=O)[O-])cc1)NC(=O)[C@H](Cc1ccc(O)cc1)NC(=O)[C@H](CC(C)C)NC(=O)[C@H](CC(C)C)NC(=O)[C@@H]1CCCN1)C(=O)O. The molecule has 2 aromatic rings. The van der Waals surface area contributed by atoms with Crippen LogP contribution in [-0.4, -0.2) is 105 Å². The van der Waals surface area contributed by atoms with E-state index in [0.29, 0.717) is 30.5 Å². The van der Waals surface area contributed by atoms with Gasteiger partial charge in [0, 0.05) is 25.0 Å². The number of carbonyl (C=O) groups excluding carboxylic acids is 6. The molecule has 364 valence electrons. The van der Waals surface area contributed by atoms with Crippen LogP contribution < -0.4 is 37.2 Å². The van der Waals surface area contributed by atoms with Gasteiger partial charge in [-0.25, -0.2) is 4.79 Å². The molecule has 7 atom stereocenters. The second-order valence-corrected chi connectivity index (χ2v) is 18.9. The second-order valence-electron chi connectivity index (χ2n) is 18.9. The summed E-state index contributed by atoms with van der Waals surface area (Å²) in [5.41, 5.74) is 0.701. The number of carbonyl (C=O) groups is 7. The van der Waals surface area contributed by atoms with Crippen LogP contribution in [0.1, 0.15) is 105 Å². The highest BCUT2D eigenvalue weighted by Crippen LogP contribution is 2.17. The molecule has 0 spiro atoms. The maximum absolute atomic E-state index is 14.5. The highest BCUT2D eigenvalue weighted by atomic mass is 16.6. The first-order valence-corrected chi connectivity index (χ1v) is 22.8. The molecule has 0 aromatic heterocycles. The van der Waals surface area contributed by atoms with Crippen molar-refractivity contribution in [2.75, 3.05) is 6.54 Å². The lowest BCUT2D eigenvalue weighted by molar-refractivity contribution is -0.384. The maximum atomic E-state index is 14.5. The molecule has 0 aliphatic carbocycles. The molecule has 1 aliphatic rings. The average Bonchev–Trinajstić information content (AvgIpc) is 3.78. The van der Waals surface area contributed by atoms with Crippen molar-refractivity contribution < 1.29 is 48.7 Å². The Hall–Kier alpha value is -6.11. The number of benzene rings is 2. The molecule has 1 fully saturated rings. The van der Waals surface area contributed by atoms with Gasteiger partial charge in [-0.1, -0.05) is 79.7 Å². The standard InChI is InChI=1S/C47H70N8O11/c1-26(2)20-35(49-41(57)34-10-9-19-48-34)42(58)50-36(21-27(3)4)43(59)52-39(25-31-13-17-33(56)18-14-31)46(62)53-38(24-30-11-15-32(16-12-30)55(65)66)45(61)51-37(22-28(5)6)44(60)54-40(47(63)64)23-29(7)8/h11-18,26-29,34-40,48,56H,9-10,19-25H2,1-8H3,(H,49,57)(H,50,58)(H,51,61)(H,52,59)(H,53,62)(H,54,60)(H,63,64)/t34-,35-,36-,37-,38-,39-,40-/m0/s1. The van der Waals surface area contributed by atoms with Gasteiger partial charge in [0.25, 0.3) is 5.69 Å². The highest BCUT2D eigenvalue weighted by molar-refractivity contribution is 5.97. The summed E-state index contributed by atoms with van der Waals surface area (Å²) >= 11 is 0. The monoisotopic (exact) mass is 923 g/mol. The van der Waals surface area contributed by atoms with Crippen molar-refractivity contribution in [1.82, 2.24) is 37.2 Å². The summed E-state index contributed by atoms with van der Waals surface area (Å²) in [5.74, 6) is -5.65. The topological polar surface area (TPSA) is 287 Å². The number of aliphatic carboxylic acids is 1. The van der Waals surface area contributed by atoms with Gasteiger partial charge in [0.2, 0.25) is 35.4 Å². The summed E-state index contributed by atoms with van der Waals surface area (Å²) < 4.78 is 0. The second kappa shape index (κ2) is 26.1. The van der Waals surface area contributed by atoms with Crippen LogP contribution in [0.3, 0.4) is 0 Å². The van der Waals surface area contributed by atoms with Crippen LogP contribution in [0.4, 0.5) is 5.69 Å². The number of hydrogen-bond acceptors (Lipinski definition) is 11. The molecule has 0 saturated carbocycles. The fourth-order valence-electron chi connectivity index (χ4n) is 7.62. The van der Waals surface area contributed by atoms with E-state index in [-0.39, 0.29) is 73.1 Å². The van der Waals surface area contributed by atoms with E-state index >= 15 is 0 Å². The minimum Gasteiger partial charge on any atom is -0.508 e. The first-order chi connectivity index (χ1) is 31.0. The Morgan fingerprint density at radius 2 is 0.924 bits per heavy atom. The zero-order valence-electron chi connectivity index (χ0n) is 39.3. The molecule has 2 aromatic carbocycles. The van der Waals surface area contributed by atoms with Gasteiger partial charge in [-0.15, -0.1) is 0 Å². The number of nitrogens with one attached hydrogen (secondary N) is 7. The average molecular weight is 923 g/mol. The van der Waals surface area contributed by atoms with Crippen LogP contribution in [0.25, 0.3) is 0 Å². The third-order valence-electron chi connectivity index (χ3n) is 10.9. The summed E-state index contributed by atoms with van der Waals surface area (Å²) in [5, 5.41) is 50.7. The molecule has 19 heteroatoms. The van der Waals surface area contributed by atoms with Crippen molar-refractivity contribution in [3.05, 3.63) is 69.8 Å². The van der Waals surface area contributed by atoms with E-state index in [9.17, 15) is 53.9 Å². The van der Waals surface area contributed by atoms with Gasteiger partial charge in [0.15, 0.2) is 0 Å². The number of carboxylic acid groups (broad SMARTS) is 1. The molecule has 9 N–H and O–H groups in total. The van der Waals surface area contributed by atoms with Gasteiger partial charge in [0.05, 0.1) is 11.0 Å². The molecule has 6 amide bonds. The Kier molecular flexibility index (Phi) is 21.5. The summed E-state index contributed by atoms with van der Waals surface area (Å²) in [6.07, 6.45) is 1.77. The number of carboxylic acids is 1. The minimum atomic E-state index is -1.44. The number of nitro groups is 1. The van der Waals surface area contributed by atoms with E-state index in [2.05, 4.69) is 37.2 Å². The fraction of sp³-hybridized carbons (Fsp3) is 0.596. The maximum Gasteiger partial charge on any atom is 0.326 e. The number of non-ortho nitro benzene ring substituents is 1. The van der Waals surface area contributed by atoms with Crippen molar-refractivity contribution in [1.29, 1.82) is 0 Å². The first kappa shape index (κ1) is 54.2. The lowest BCUT2D eigenvalue weighted by atomic mass is 9.98. The Bertz CT molecular complexity index is 1970. The van der Waals surface area contributed by atoms with Crippen LogP contribution in [0.5, 0.6) is 5.75 Å². The van der Waals surface area contributed by atoms with Crippen molar-refractivity contribution in [2.45, 2.75) is 149 Å². The van der Waals surface area contributed by atoms with Crippen LogP contribution in [0.2, 0.25) is 0 Å². The molecule has 3 rings (SSSR count). The molecule has 19 nitrogen and oxygen atoms in total. The minimum absolute atomic E-state index is 0.00562.